The molecule has 2 aromatic rings. The molecular weight excluding hydrogens is 243 g/mol. The van der Waals surface area contributed by atoms with Crippen LogP contribution in [0.4, 0.5) is 4.39 Å². The van der Waals surface area contributed by atoms with E-state index < -0.39 is 5.97 Å². The van der Waals surface area contributed by atoms with Gasteiger partial charge in [0.1, 0.15) is 10.8 Å². The number of carbonyl (C=O) groups is 1. The Morgan fingerprint density at radius 1 is 1.47 bits per heavy atom. The van der Waals surface area contributed by atoms with Gasteiger partial charge in [-0.15, -0.1) is 0 Å². The molecular formula is C11H9FN2O2S. The van der Waals surface area contributed by atoms with E-state index in [1.165, 1.54) is 6.07 Å². The molecule has 0 N–H and O–H groups in total. The summed E-state index contributed by atoms with van der Waals surface area (Å²) in [6.45, 7) is 1.95. The van der Waals surface area contributed by atoms with Crippen LogP contribution in [0.15, 0.2) is 24.3 Å². The number of ether oxygens (including phenoxy) is 1. The lowest BCUT2D eigenvalue weighted by molar-refractivity contribution is 0.0514. The Morgan fingerprint density at radius 2 is 2.24 bits per heavy atom. The van der Waals surface area contributed by atoms with Gasteiger partial charge in [0.25, 0.3) is 5.82 Å². The number of benzene rings is 1. The molecule has 0 saturated carbocycles. The van der Waals surface area contributed by atoms with Crippen molar-refractivity contribution in [1.82, 2.24) is 9.36 Å². The highest BCUT2D eigenvalue weighted by Crippen LogP contribution is 2.24. The van der Waals surface area contributed by atoms with Gasteiger partial charge in [-0.1, -0.05) is 12.1 Å². The number of nitrogens with zero attached hydrogens (tertiary/aromatic N) is 2. The molecule has 2 rings (SSSR count). The molecule has 0 bridgehead atoms. The van der Waals surface area contributed by atoms with E-state index >= 15 is 0 Å². The van der Waals surface area contributed by atoms with Crippen molar-refractivity contribution in [2.75, 3.05) is 6.61 Å². The summed E-state index contributed by atoms with van der Waals surface area (Å²) < 4.78 is 22.1. The van der Waals surface area contributed by atoms with Crippen molar-refractivity contribution < 1.29 is 13.9 Å². The van der Waals surface area contributed by atoms with E-state index in [1.54, 1.807) is 25.1 Å². The van der Waals surface area contributed by atoms with Crippen LogP contribution in [-0.4, -0.2) is 21.9 Å². The summed E-state index contributed by atoms with van der Waals surface area (Å²) in [6, 6.07) is 6.21. The lowest BCUT2D eigenvalue weighted by Gasteiger charge is -1.96. The van der Waals surface area contributed by atoms with Crippen LogP contribution in [0, 0.1) is 5.82 Å². The third-order valence-corrected chi connectivity index (χ3v) is 2.74. The first-order valence-corrected chi connectivity index (χ1v) is 5.75. The van der Waals surface area contributed by atoms with Crippen molar-refractivity contribution in [2.24, 2.45) is 0 Å². The molecule has 4 nitrogen and oxygen atoms in total. The standard InChI is InChI=1S/C11H9FN2O2S/c1-2-16-11(15)9-13-10(17-14-9)7-5-3-4-6-8(7)12/h3-6H,2H2,1H3. The van der Waals surface area contributed by atoms with Crippen LogP contribution in [0.5, 0.6) is 0 Å². The van der Waals surface area contributed by atoms with Crippen molar-refractivity contribution in [1.29, 1.82) is 0 Å². The van der Waals surface area contributed by atoms with Gasteiger partial charge in [0.2, 0.25) is 0 Å². The second kappa shape index (κ2) is 5.01. The zero-order valence-corrected chi connectivity index (χ0v) is 9.83. The smallest absolute Gasteiger partial charge is 0.377 e. The minimum Gasteiger partial charge on any atom is -0.460 e. The van der Waals surface area contributed by atoms with Crippen LogP contribution in [-0.2, 0) is 4.74 Å². The highest BCUT2D eigenvalue weighted by atomic mass is 32.1. The van der Waals surface area contributed by atoms with Crippen molar-refractivity contribution in [3.63, 3.8) is 0 Å². The van der Waals surface area contributed by atoms with E-state index in [-0.39, 0.29) is 18.2 Å². The lowest BCUT2D eigenvalue weighted by Crippen LogP contribution is -2.06. The maximum absolute atomic E-state index is 13.5. The molecule has 0 amide bonds. The van der Waals surface area contributed by atoms with Gasteiger partial charge in [-0.25, -0.2) is 14.2 Å². The van der Waals surface area contributed by atoms with Crippen molar-refractivity contribution in [3.05, 3.63) is 35.9 Å². The minimum absolute atomic E-state index is 0.0323. The Bertz CT molecular complexity index is 542. The van der Waals surface area contributed by atoms with Crippen LogP contribution in [0.2, 0.25) is 0 Å². The van der Waals surface area contributed by atoms with Crippen molar-refractivity contribution >= 4 is 17.5 Å². The summed E-state index contributed by atoms with van der Waals surface area (Å²) in [6.07, 6.45) is 0. The summed E-state index contributed by atoms with van der Waals surface area (Å²) in [5, 5.41) is 0.367. The highest BCUT2D eigenvalue weighted by molar-refractivity contribution is 7.09. The molecule has 0 saturated heterocycles. The molecule has 1 aromatic carbocycles. The van der Waals surface area contributed by atoms with Gasteiger partial charge < -0.3 is 4.74 Å². The Labute approximate surface area is 101 Å². The lowest BCUT2D eigenvalue weighted by atomic mass is 10.2. The van der Waals surface area contributed by atoms with Gasteiger partial charge in [0, 0.05) is 5.56 Å². The number of esters is 1. The fourth-order valence-corrected chi connectivity index (χ4v) is 1.93. The van der Waals surface area contributed by atoms with E-state index in [9.17, 15) is 9.18 Å². The molecule has 0 atom stereocenters. The number of carbonyl (C=O) groups excluding carboxylic acids is 1. The Morgan fingerprint density at radius 3 is 2.94 bits per heavy atom. The zero-order valence-electron chi connectivity index (χ0n) is 9.01. The average molecular weight is 252 g/mol. The highest BCUT2D eigenvalue weighted by Gasteiger charge is 2.16. The quantitative estimate of drug-likeness (QED) is 0.788. The maximum Gasteiger partial charge on any atom is 0.377 e. The monoisotopic (exact) mass is 252 g/mol. The first-order valence-electron chi connectivity index (χ1n) is 4.98. The molecule has 0 spiro atoms. The molecule has 88 valence electrons. The van der Waals surface area contributed by atoms with Crippen molar-refractivity contribution in [2.45, 2.75) is 6.92 Å². The third kappa shape index (κ3) is 2.47. The predicted molar refractivity (Wildman–Crippen MR) is 61.3 cm³/mol. The molecule has 0 aliphatic rings. The summed E-state index contributed by atoms with van der Waals surface area (Å²) in [7, 11) is 0. The van der Waals surface area contributed by atoms with Gasteiger partial charge in [0.15, 0.2) is 0 Å². The number of hydrogen-bond acceptors (Lipinski definition) is 5. The van der Waals surface area contributed by atoms with Gasteiger partial charge in [-0.05, 0) is 30.6 Å². The Balaban J connectivity index is 2.30. The zero-order chi connectivity index (χ0) is 12.3. The molecule has 1 aromatic heterocycles. The summed E-state index contributed by atoms with van der Waals surface area (Å²) >= 11 is 0.969. The Kier molecular flexibility index (Phi) is 3.43. The molecule has 0 radical (unpaired) electrons. The SMILES string of the molecule is CCOC(=O)c1nsc(-c2ccccc2F)n1. The van der Waals surface area contributed by atoms with E-state index in [1.807, 2.05) is 0 Å². The van der Waals surface area contributed by atoms with Crippen molar-refractivity contribution in [3.8, 4) is 10.6 Å². The van der Waals surface area contributed by atoms with E-state index in [0.717, 1.165) is 11.5 Å². The summed E-state index contributed by atoms with van der Waals surface area (Å²) in [5.41, 5.74) is 0.334. The summed E-state index contributed by atoms with van der Waals surface area (Å²) in [4.78, 5) is 15.3. The molecule has 1 heterocycles. The third-order valence-electron chi connectivity index (χ3n) is 1.99. The largest absolute Gasteiger partial charge is 0.460 e. The summed E-state index contributed by atoms with van der Waals surface area (Å²) in [5.74, 6) is -1.01. The van der Waals surface area contributed by atoms with Crippen LogP contribution in [0.1, 0.15) is 17.5 Å². The Hall–Kier alpha value is -1.82. The predicted octanol–water partition coefficient (Wildman–Crippen LogP) is 2.52. The number of halogens is 1. The number of hydrogen-bond donors (Lipinski definition) is 0. The fourth-order valence-electron chi connectivity index (χ4n) is 1.25. The van der Waals surface area contributed by atoms with E-state index in [2.05, 4.69) is 9.36 Å². The second-order valence-corrected chi connectivity index (χ2v) is 3.88. The molecule has 17 heavy (non-hydrogen) atoms. The van der Waals surface area contributed by atoms with Gasteiger partial charge in [-0.3, -0.25) is 0 Å². The van der Waals surface area contributed by atoms with Gasteiger partial charge in [-0.2, -0.15) is 4.37 Å². The first-order chi connectivity index (χ1) is 8.22. The minimum atomic E-state index is -0.591. The van der Waals surface area contributed by atoms with E-state index in [4.69, 9.17) is 4.74 Å². The molecule has 0 aliphatic carbocycles. The number of aromatic nitrogens is 2. The normalized spacial score (nSPS) is 10.2. The first kappa shape index (κ1) is 11.7. The molecule has 0 aliphatic heterocycles. The maximum atomic E-state index is 13.5. The van der Waals surface area contributed by atoms with Crippen LogP contribution in [0.25, 0.3) is 10.6 Å². The molecule has 0 unspecified atom stereocenters. The topological polar surface area (TPSA) is 52.1 Å². The second-order valence-electron chi connectivity index (χ2n) is 3.12. The van der Waals surface area contributed by atoms with Gasteiger partial charge >= 0.3 is 5.97 Å². The van der Waals surface area contributed by atoms with Crippen LogP contribution < -0.4 is 0 Å². The fraction of sp³-hybridized carbons (Fsp3) is 0.182. The molecule has 0 fully saturated rings. The van der Waals surface area contributed by atoms with Crippen LogP contribution in [0.3, 0.4) is 0 Å². The van der Waals surface area contributed by atoms with E-state index in [0.29, 0.717) is 10.6 Å². The van der Waals surface area contributed by atoms with Crippen LogP contribution >= 0.6 is 11.5 Å². The van der Waals surface area contributed by atoms with Gasteiger partial charge in [0.05, 0.1) is 6.61 Å². The number of rotatable bonds is 3. The average Bonchev–Trinajstić information content (AvgIpc) is 2.79. The molecule has 6 heteroatoms.